The van der Waals surface area contributed by atoms with E-state index in [-0.39, 0.29) is 0 Å². The number of hydrogen-bond acceptors (Lipinski definition) is 4. The molecule has 0 unspecified atom stereocenters. The average Bonchev–Trinajstić information content (AvgIpc) is 2.79. The van der Waals surface area contributed by atoms with Crippen LogP contribution in [0.1, 0.15) is 5.56 Å². The molecule has 78 valence electrons. The molecule has 0 aromatic carbocycles. The smallest absolute Gasteiger partial charge is 0.168 e. The lowest BCUT2D eigenvalue weighted by Crippen LogP contribution is -2.02. The van der Waals surface area contributed by atoms with E-state index in [1.807, 2.05) is 12.1 Å². The van der Waals surface area contributed by atoms with Gasteiger partial charge < -0.3 is 10.1 Å². The zero-order valence-corrected chi connectivity index (χ0v) is 9.25. The Labute approximate surface area is 92.7 Å². The monoisotopic (exact) mass is 220 g/mol. The van der Waals surface area contributed by atoms with Gasteiger partial charge in [0.05, 0.1) is 7.11 Å². The van der Waals surface area contributed by atoms with E-state index in [1.165, 1.54) is 5.56 Å². The second-order valence-corrected chi connectivity index (χ2v) is 3.82. The zero-order valence-electron chi connectivity index (χ0n) is 8.43. The number of pyridine rings is 1. The fourth-order valence-electron chi connectivity index (χ4n) is 1.27. The lowest BCUT2D eigenvalue weighted by atomic mass is 10.3. The Morgan fingerprint density at radius 2 is 2.40 bits per heavy atom. The summed E-state index contributed by atoms with van der Waals surface area (Å²) in [5.74, 6) is 1.55. The van der Waals surface area contributed by atoms with Gasteiger partial charge in [-0.1, -0.05) is 0 Å². The molecule has 0 saturated heterocycles. The molecule has 0 atom stereocenters. The summed E-state index contributed by atoms with van der Waals surface area (Å²) in [5, 5.41) is 7.41. The van der Waals surface area contributed by atoms with Crippen molar-refractivity contribution in [1.29, 1.82) is 0 Å². The second-order valence-electron chi connectivity index (χ2n) is 3.04. The minimum atomic E-state index is 0.771. The normalized spacial score (nSPS) is 9.93. The third kappa shape index (κ3) is 2.47. The van der Waals surface area contributed by atoms with E-state index < -0.39 is 0 Å². The second kappa shape index (κ2) is 4.79. The minimum Gasteiger partial charge on any atom is -0.493 e. The van der Waals surface area contributed by atoms with E-state index >= 15 is 0 Å². The van der Waals surface area contributed by atoms with Crippen LogP contribution in [0, 0.1) is 0 Å². The van der Waals surface area contributed by atoms with E-state index in [4.69, 9.17) is 4.74 Å². The molecule has 0 radical (unpaired) electrons. The molecule has 2 aromatic heterocycles. The van der Waals surface area contributed by atoms with Crippen molar-refractivity contribution in [2.75, 3.05) is 12.4 Å². The number of methoxy groups -OCH3 is 1. The van der Waals surface area contributed by atoms with Gasteiger partial charge in [-0.05, 0) is 34.5 Å². The first-order chi connectivity index (χ1) is 7.40. The third-order valence-corrected chi connectivity index (χ3v) is 2.76. The van der Waals surface area contributed by atoms with Crippen LogP contribution in [0.3, 0.4) is 0 Å². The minimum absolute atomic E-state index is 0.771. The third-order valence-electron chi connectivity index (χ3n) is 2.03. The van der Waals surface area contributed by atoms with Crippen molar-refractivity contribution in [3.63, 3.8) is 0 Å². The van der Waals surface area contributed by atoms with Gasteiger partial charge in [-0.2, -0.15) is 11.3 Å². The van der Waals surface area contributed by atoms with Crippen LogP contribution in [0.25, 0.3) is 0 Å². The Bertz CT molecular complexity index is 414. The summed E-state index contributed by atoms with van der Waals surface area (Å²) in [6.45, 7) is 0.775. The van der Waals surface area contributed by atoms with Crippen molar-refractivity contribution < 1.29 is 4.74 Å². The van der Waals surface area contributed by atoms with Crippen LogP contribution < -0.4 is 10.1 Å². The molecule has 2 heterocycles. The lowest BCUT2D eigenvalue weighted by molar-refractivity contribution is 0.415. The van der Waals surface area contributed by atoms with Crippen molar-refractivity contribution in [2.45, 2.75) is 6.54 Å². The zero-order chi connectivity index (χ0) is 10.5. The van der Waals surface area contributed by atoms with Gasteiger partial charge in [0.2, 0.25) is 0 Å². The first-order valence-corrected chi connectivity index (χ1v) is 5.58. The highest BCUT2D eigenvalue weighted by molar-refractivity contribution is 7.07. The van der Waals surface area contributed by atoms with Gasteiger partial charge in [-0.15, -0.1) is 0 Å². The van der Waals surface area contributed by atoms with E-state index in [0.29, 0.717) is 0 Å². The first kappa shape index (κ1) is 9.98. The molecule has 1 N–H and O–H groups in total. The van der Waals surface area contributed by atoms with Crippen LogP contribution in [0.15, 0.2) is 35.2 Å². The summed E-state index contributed by atoms with van der Waals surface area (Å²) in [6, 6.07) is 5.84. The summed E-state index contributed by atoms with van der Waals surface area (Å²) in [5.41, 5.74) is 1.26. The molecule has 3 nitrogen and oxygen atoms in total. The number of nitrogens with one attached hydrogen (secondary N) is 1. The molecule has 0 fully saturated rings. The Hall–Kier alpha value is -1.55. The van der Waals surface area contributed by atoms with Gasteiger partial charge in [-0.25, -0.2) is 4.98 Å². The molecular weight excluding hydrogens is 208 g/mol. The summed E-state index contributed by atoms with van der Waals surface area (Å²) >= 11 is 1.69. The number of anilines is 1. The lowest BCUT2D eigenvalue weighted by Gasteiger charge is -2.08. The number of aromatic nitrogens is 1. The Morgan fingerprint density at radius 1 is 1.47 bits per heavy atom. The number of hydrogen-bond donors (Lipinski definition) is 1. The molecule has 0 aliphatic carbocycles. The quantitative estimate of drug-likeness (QED) is 0.860. The molecule has 4 heteroatoms. The van der Waals surface area contributed by atoms with Gasteiger partial charge in [0.15, 0.2) is 11.6 Å². The van der Waals surface area contributed by atoms with Crippen LogP contribution in [-0.2, 0) is 6.54 Å². The highest BCUT2D eigenvalue weighted by Gasteiger charge is 2.02. The largest absolute Gasteiger partial charge is 0.493 e. The van der Waals surface area contributed by atoms with Crippen molar-refractivity contribution in [1.82, 2.24) is 4.98 Å². The number of nitrogens with zero attached hydrogens (tertiary/aromatic N) is 1. The molecule has 0 saturated carbocycles. The van der Waals surface area contributed by atoms with Gasteiger partial charge in [0.1, 0.15) is 0 Å². The molecule has 0 amide bonds. The fourth-order valence-corrected chi connectivity index (χ4v) is 1.94. The SMILES string of the molecule is COc1cccnc1NCc1ccsc1. The molecule has 2 rings (SSSR count). The fraction of sp³-hybridized carbons (Fsp3) is 0.182. The van der Waals surface area contributed by atoms with Gasteiger partial charge in [0.25, 0.3) is 0 Å². The van der Waals surface area contributed by atoms with Crippen molar-refractivity contribution >= 4 is 17.2 Å². The summed E-state index contributed by atoms with van der Waals surface area (Å²) in [7, 11) is 1.65. The number of ether oxygens (including phenoxy) is 1. The van der Waals surface area contributed by atoms with E-state index in [2.05, 4.69) is 27.1 Å². The maximum absolute atomic E-state index is 5.19. The van der Waals surface area contributed by atoms with E-state index in [1.54, 1.807) is 24.6 Å². The van der Waals surface area contributed by atoms with Crippen LogP contribution >= 0.6 is 11.3 Å². The van der Waals surface area contributed by atoms with Crippen molar-refractivity contribution in [3.8, 4) is 5.75 Å². The molecular formula is C11H12N2OS. The Morgan fingerprint density at radius 3 is 3.13 bits per heavy atom. The summed E-state index contributed by atoms with van der Waals surface area (Å²) < 4.78 is 5.19. The predicted molar refractivity (Wildman–Crippen MR) is 62.4 cm³/mol. The van der Waals surface area contributed by atoms with Crippen molar-refractivity contribution in [2.24, 2.45) is 0 Å². The summed E-state index contributed by atoms with van der Waals surface area (Å²) in [6.07, 6.45) is 1.75. The molecule has 0 aliphatic heterocycles. The molecule has 15 heavy (non-hydrogen) atoms. The maximum atomic E-state index is 5.19. The Kier molecular flexibility index (Phi) is 3.19. The van der Waals surface area contributed by atoms with E-state index in [0.717, 1.165) is 18.1 Å². The van der Waals surface area contributed by atoms with Gasteiger partial charge in [0, 0.05) is 12.7 Å². The van der Waals surface area contributed by atoms with Crippen LogP contribution in [0.4, 0.5) is 5.82 Å². The van der Waals surface area contributed by atoms with E-state index in [9.17, 15) is 0 Å². The Balaban J connectivity index is 2.04. The van der Waals surface area contributed by atoms with Crippen molar-refractivity contribution in [3.05, 3.63) is 40.7 Å². The standard InChI is InChI=1S/C11H12N2OS/c1-14-10-3-2-5-12-11(10)13-7-9-4-6-15-8-9/h2-6,8H,7H2,1H3,(H,12,13). The number of rotatable bonds is 4. The van der Waals surface area contributed by atoms with Crippen LogP contribution in [0.2, 0.25) is 0 Å². The molecule has 0 aliphatic rings. The average molecular weight is 220 g/mol. The molecule has 0 bridgehead atoms. The van der Waals surface area contributed by atoms with Gasteiger partial charge in [-0.3, -0.25) is 0 Å². The highest BCUT2D eigenvalue weighted by atomic mass is 32.1. The topological polar surface area (TPSA) is 34.1 Å². The van der Waals surface area contributed by atoms with Crippen LogP contribution in [0.5, 0.6) is 5.75 Å². The predicted octanol–water partition coefficient (Wildman–Crippen LogP) is 2.76. The molecule has 2 aromatic rings. The summed E-state index contributed by atoms with van der Waals surface area (Å²) in [4.78, 5) is 4.22. The molecule has 0 spiro atoms. The van der Waals surface area contributed by atoms with Crippen LogP contribution in [-0.4, -0.2) is 12.1 Å². The first-order valence-electron chi connectivity index (χ1n) is 4.64. The highest BCUT2D eigenvalue weighted by Crippen LogP contribution is 2.20. The number of thiophene rings is 1. The van der Waals surface area contributed by atoms with Gasteiger partial charge >= 0.3 is 0 Å². The maximum Gasteiger partial charge on any atom is 0.168 e.